The highest BCUT2D eigenvalue weighted by Gasteiger charge is 2.35. The van der Waals surface area contributed by atoms with Gasteiger partial charge in [-0.15, -0.1) is 0 Å². The lowest BCUT2D eigenvalue weighted by molar-refractivity contribution is 0.198. The summed E-state index contributed by atoms with van der Waals surface area (Å²) in [4.78, 5) is 13.5. The van der Waals surface area contributed by atoms with Crippen LogP contribution in [0.1, 0.15) is 25.7 Å². The summed E-state index contributed by atoms with van der Waals surface area (Å²) < 4.78 is 0. The van der Waals surface area contributed by atoms with Gasteiger partial charge < -0.3 is 10.4 Å². The van der Waals surface area contributed by atoms with Gasteiger partial charge in [0.05, 0.1) is 5.69 Å². The van der Waals surface area contributed by atoms with Crippen molar-refractivity contribution < 1.29 is 9.90 Å². The molecule has 2 fully saturated rings. The lowest BCUT2D eigenvalue weighted by Crippen LogP contribution is -2.43. The van der Waals surface area contributed by atoms with E-state index in [4.69, 9.17) is 0 Å². The van der Waals surface area contributed by atoms with E-state index in [2.05, 4.69) is 10.7 Å². The minimum Gasteiger partial charge on any atom is -0.465 e. The second-order valence-corrected chi connectivity index (χ2v) is 7.68. The Bertz CT molecular complexity index is 704. The van der Waals surface area contributed by atoms with Crippen LogP contribution in [-0.2, 0) is 0 Å². The predicted molar refractivity (Wildman–Crippen MR) is 97.8 cm³/mol. The molecule has 2 bridgehead atoms. The zero-order valence-electron chi connectivity index (χ0n) is 13.5. The first-order valence-corrected chi connectivity index (χ1v) is 9.53. The second-order valence-electron chi connectivity index (χ2n) is 6.90. The lowest BCUT2D eigenvalue weighted by atomic mass is 9.91. The van der Waals surface area contributed by atoms with Crippen molar-refractivity contribution in [3.8, 4) is 11.1 Å². The topological polar surface area (TPSA) is 52.6 Å². The van der Waals surface area contributed by atoms with Gasteiger partial charge in [0.25, 0.3) is 0 Å². The van der Waals surface area contributed by atoms with Crippen LogP contribution in [0.25, 0.3) is 11.1 Å². The number of rotatable bonds is 4. The molecule has 3 atom stereocenters. The highest BCUT2D eigenvalue weighted by Crippen LogP contribution is 2.36. The Morgan fingerprint density at radius 1 is 1.21 bits per heavy atom. The van der Waals surface area contributed by atoms with Gasteiger partial charge in [0.2, 0.25) is 0 Å². The third-order valence-corrected chi connectivity index (χ3v) is 5.95. The Morgan fingerprint density at radius 2 is 1.96 bits per heavy atom. The normalized spacial score (nSPS) is 25.6. The Labute approximate surface area is 146 Å². The Morgan fingerprint density at radius 3 is 2.62 bits per heavy atom. The molecule has 1 unspecified atom stereocenters. The number of nitrogens with zero attached hydrogens (tertiary/aromatic N) is 1. The van der Waals surface area contributed by atoms with Gasteiger partial charge in [0.15, 0.2) is 0 Å². The molecule has 1 amide bonds. The summed E-state index contributed by atoms with van der Waals surface area (Å²) in [5.74, 6) is 0.440. The molecule has 0 spiro atoms. The third kappa shape index (κ3) is 3.06. The van der Waals surface area contributed by atoms with Crippen LogP contribution in [0.2, 0.25) is 0 Å². The van der Waals surface area contributed by atoms with Crippen molar-refractivity contribution >= 4 is 23.1 Å². The number of nitrogens with one attached hydrogen (secondary N) is 1. The van der Waals surface area contributed by atoms with Crippen LogP contribution in [0.15, 0.2) is 41.1 Å². The maximum absolute atomic E-state index is 12.0. The summed E-state index contributed by atoms with van der Waals surface area (Å²) >= 11 is 1.63. The summed E-state index contributed by atoms with van der Waals surface area (Å²) in [7, 11) is 0. The second kappa shape index (κ2) is 6.57. The first-order chi connectivity index (χ1) is 11.7. The number of para-hydroxylation sites is 1. The van der Waals surface area contributed by atoms with Gasteiger partial charge in [0, 0.05) is 24.2 Å². The number of carbonyl (C=O) groups is 1. The molecule has 2 aliphatic rings. The van der Waals surface area contributed by atoms with Gasteiger partial charge in [-0.2, -0.15) is 11.3 Å². The van der Waals surface area contributed by atoms with Gasteiger partial charge in [-0.25, -0.2) is 4.79 Å². The van der Waals surface area contributed by atoms with Crippen molar-refractivity contribution in [3.05, 3.63) is 41.1 Å². The molecule has 5 heteroatoms. The summed E-state index contributed by atoms with van der Waals surface area (Å²) in [6.07, 6.45) is 3.78. The lowest BCUT2D eigenvalue weighted by Gasteiger charge is -2.33. The standard InChI is InChI=1S/C19H22N2O2S/c22-19(23)21(11-13-9-15-5-6-16(10-13)20-15)18-4-2-1-3-17(18)14-7-8-24-12-14/h1-4,7-8,12-13,15-16,20H,5-6,9-11H2,(H,22,23)/t13?,15-,16+. The molecule has 0 saturated carbocycles. The maximum Gasteiger partial charge on any atom is 0.411 e. The first kappa shape index (κ1) is 15.7. The smallest absolute Gasteiger partial charge is 0.411 e. The maximum atomic E-state index is 12.0. The summed E-state index contributed by atoms with van der Waals surface area (Å²) in [5.41, 5.74) is 2.89. The van der Waals surface area contributed by atoms with Gasteiger partial charge in [-0.05, 0) is 60.1 Å². The van der Waals surface area contributed by atoms with Crippen LogP contribution in [0.3, 0.4) is 0 Å². The highest BCUT2D eigenvalue weighted by atomic mass is 32.1. The zero-order valence-corrected chi connectivity index (χ0v) is 14.3. The Kier molecular flexibility index (Phi) is 4.29. The zero-order chi connectivity index (χ0) is 16.5. The van der Waals surface area contributed by atoms with Crippen LogP contribution in [-0.4, -0.2) is 29.8 Å². The molecule has 0 aliphatic carbocycles. The van der Waals surface area contributed by atoms with Crippen molar-refractivity contribution in [2.45, 2.75) is 37.8 Å². The van der Waals surface area contributed by atoms with E-state index in [9.17, 15) is 9.90 Å². The summed E-state index contributed by atoms with van der Waals surface area (Å²) in [6.45, 7) is 0.588. The first-order valence-electron chi connectivity index (χ1n) is 8.59. The molecule has 0 radical (unpaired) electrons. The number of benzene rings is 1. The minimum atomic E-state index is -0.858. The number of piperidine rings is 1. The number of amides is 1. The third-order valence-electron chi connectivity index (χ3n) is 5.27. The van der Waals surface area contributed by atoms with Crippen molar-refractivity contribution in [1.82, 2.24) is 5.32 Å². The molecule has 4 nitrogen and oxygen atoms in total. The van der Waals surface area contributed by atoms with Crippen molar-refractivity contribution in [2.75, 3.05) is 11.4 Å². The molecule has 2 aromatic rings. The molecule has 2 aliphatic heterocycles. The van der Waals surface area contributed by atoms with E-state index in [-0.39, 0.29) is 0 Å². The fourth-order valence-electron chi connectivity index (χ4n) is 4.23. The predicted octanol–water partition coefficient (Wildman–Crippen LogP) is 4.43. The number of carboxylic acid groups (broad SMARTS) is 1. The SMILES string of the molecule is O=C(O)N(CC1C[C@H]2CC[C@@H](C1)N2)c1ccccc1-c1ccsc1. The molecular formula is C19H22N2O2S. The van der Waals surface area contributed by atoms with Crippen LogP contribution in [0.5, 0.6) is 0 Å². The fourth-order valence-corrected chi connectivity index (χ4v) is 4.89. The van der Waals surface area contributed by atoms with E-state index >= 15 is 0 Å². The van der Waals surface area contributed by atoms with E-state index in [1.54, 1.807) is 16.2 Å². The van der Waals surface area contributed by atoms with Crippen molar-refractivity contribution in [2.24, 2.45) is 5.92 Å². The molecule has 4 rings (SSSR count). The minimum absolute atomic E-state index is 0.440. The van der Waals surface area contributed by atoms with E-state index in [0.717, 1.165) is 29.7 Å². The number of fused-ring (bicyclic) bond motifs is 2. The molecule has 3 heterocycles. The van der Waals surface area contributed by atoms with Crippen LogP contribution < -0.4 is 10.2 Å². The molecule has 126 valence electrons. The van der Waals surface area contributed by atoms with E-state index in [1.165, 1.54) is 12.8 Å². The summed E-state index contributed by atoms with van der Waals surface area (Å²) in [6, 6.07) is 11.0. The van der Waals surface area contributed by atoms with Gasteiger partial charge >= 0.3 is 6.09 Å². The molecular weight excluding hydrogens is 320 g/mol. The van der Waals surface area contributed by atoms with Crippen LogP contribution >= 0.6 is 11.3 Å². The largest absolute Gasteiger partial charge is 0.465 e. The fraction of sp³-hybridized carbons (Fsp3) is 0.421. The Hall–Kier alpha value is -1.85. The number of hydrogen-bond acceptors (Lipinski definition) is 3. The van der Waals surface area contributed by atoms with Gasteiger partial charge in [0.1, 0.15) is 0 Å². The monoisotopic (exact) mass is 342 g/mol. The van der Waals surface area contributed by atoms with Crippen LogP contribution in [0.4, 0.5) is 10.5 Å². The van der Waals surface area contributed by atoms with Crippen molar-refractivity contribution in [3.63, 3.8) is 0 Å². The average Bonchev–Trinajstić information content (AvgIpc) is 3.22. The number of thiophene rings is 1. The molecule has 2 N–H and O–H groups in total. The Balaban J connectivity index is 1.61. The average molecular weight is 342 g/mol. The van der Waals surface area contributed by atoms with Crippen LogP contribution in [0, 0.1) is 5.92 Å². The molecule has 2 saturated heterocycles. The molecule has 1 aromatic carbocycles. The molecule has 1 aromatic heterocycles. The van der Waals surface area contributed by atoms with Gasteiger partial charge in [-0.1, -0.05) is 18.2 Å². The van der Waals surface area contributed by atoms with E-state index in [1.807, 2.05) is 35.7 Å². The van der Waals surface area contributed by atoms with Crippen molar-refractivity contribution in [1.29, 1.82) is 0 Å². The molecule has 24 heavy (non-hydrogen) atoms. The number of hydrogen-bond donors (Lipinski definition) is 2. The van der Waals surface area contributed by atoms with Gasteiger partial charge in [-0.3, -0.25) is 4.90 Å². The van der Waals surface area contributed by atoms with E-state index in [0.29, 0.717) is 24.5 Å². The quantitative estimate of drug-likeness (QED) is 0.864. The number of anilines is 1. The summed E-state index contributed by atoms with van der Waals surface area (Å²) in [5, 5.41) is 17.6. The highest BCUT2D eigenvalue weighted by molar-refractivity contribution is 7.08. The van der Waals surface area contributed by atoms with E-state index < -0.39 is 6.09 Å².